The molecule has 2 saturated heterocycles. The fourth-order valence-electron chi connectivity index (χ4n) is 3.86. The predicted octanol–water partition coefficient (Wildman–Crippen LogP) is 2.63. The van der Waals surface area contributed by atoms with Gasteiger partial charge in [0.15, 0.2) is 0 Å². The van der Waals surface area contributed by atoms with E-state index in [1.165, 1.54) is 10.5 Å². The van der Waals surface area contributed by atoms with Gasteiger partial charge in [0.2, 0.25) is 11.8 Å². The predicted molar refractivity (Wildman–Crippen MR) is 98.0 cm³/mol. The third kappa shape index (κ3) is 3.45. The topological polar surface area (TPSA) is 77.9 Å². The molecule has 0 aromatic heterocycles. The van der Waals surface area contributed by atoms with Gasteiger partial charge >= 0.3 is 5.97 Å². The molecule has 0 saturated carbocycles. The van der Waals surface area contributed by atoms with Gasteiger partial charge in [-0.2, -0.15) is 0 Å². The molecule has 26 heavy (non-hydrogen) atoms. The van der Waals surface area contributed by atoms with E-state index in [9.17, 15) is 19.5 Å². The quantitative estimate of drug-likeness (QED) is 0.840. The van der Waals surface area contributed by atoms with Crippen LogP contribution in [0, 0.1) is 5.92 Å². The Bertz CT molecular complexity index is 698. The molecule has 6 heteroatoms. The Balaban J connectivity index is 1.73. The highest BCUT2D eigenvalue weighted by Crippen LogP contribution is 2.29. The van der Waals surface area contributed by atoms with Gasteiger partial charge in [0.05, 0.1) is 0 Å². The van der Waals surface area contributed by atoms with Crippen molar-refractivity contribution in [3.8, 4) is 0 Å². The van der Waals surface area contributed by atoms with Crippen molar-refractivity contribution < 1.29 is 19.5 Å². The summed E-state index contributed by atoms with van der Waals surface area (Å²) >= 11 is 0. The Kier molecular flexibility index (Phi) is 5.30. The zero-order valence-electron chi connectivity index (χ0n) is 15.4. The fourth-order valence-corrected chi connectivity index (χ4v) is 3.86. The lowest BCUT2D eigenvalue weighted by Crippen LogP contribution is -2.51. The molecule has 2 heterocycles. The van der Waals surface area contributed by atoms with Crippen LogP contribution in [0.1, 0.15) is 51.0 Å². The highest BCUT2D eigenvalue weighted by atomic mass is 16.4. The minimum Gasteiger partial charge on any atom is -0.480 e. The second-order valence-electron chi connectivity index (χ2n) is 7.46. The van der Waals surface area contributed by atoms with E-state index in [1.807, 2.05) is 24.3 Å². The molecule has 2 amide bonds. The third-order valence-electron chi connectivity index (χ3n) is 5.45. The monoisotopic (exact) mass is 358 g/mol. The number of carbonyl (C=O) groups excluding carboxylic acids is 2. The van der Waals surface area contributed by atoms with Crippen molar-refractivity contribution in [1.82, 2.24) is 4.90 Å². The Labute approximate surface area is 153 Å². The van der Waals surface area contributed by atoms with Crippen LogP contribution < -0.4 is 4.90 Å². The molecular weight excluding hydrogens is 332 g/mol. The van der Waals surface area contributed by atoms with Crippen LogP contribution in [0.15, 0.2) is 24.3 Å². The molecule has 1 N–H and O–H groups in total. The first-order valence-electron chi connectivity index (χ1n) is 9.34. The van der Waals surface area contributed by atoms with E-state index in [0.717, 1.165) is 18.5 Å². The molecule has 0 radical (unpaired) electrons. The number of aliphatic carboxylic acids is 1. The summed E-state index contributed by atoms with van der Waals surface area (Å²) < 4.78 is 0. The number of carboxylic acid groups (broad SMARTS) is 1. The molecule has 1 unspecified atom stereocenters. The standard InChI is InChI=1S/C20H26N2O4/c1-13(2)14-6-8-15(9-7-14)21-12-10-16(18(21)23)19(24)22-11-4-3-5-17(22)20(25)26/h6-9,13,16-17H,3-5,10-12H2,1-2H3,(H,25,26)/t16?,17-/m1/s1. The molecule has 3 rings (SSSR count). The Morgan fingerprint density at radius 1 is 1.08 bits per heavy atom. The van der Waals surface area contributed by atoms with Crippen LogP contribution in [0.2, 0.25) is 0 Å². The number of piperidine rings is 1. The van der Waals surface area contributed by atoms with Crippen molar-refractivity contribution in [3.05, 3.63) is 29.8 Å². The van der Waals surface area contributed by atoms with Gasteiger partial charge in [0.1, 0.15) is 12.0 Å². The van der Waals surface area contributed by atoms with Gasteiger partial charge in [-0.15, -0.1) is 0 Å². The zero-order chi connectivity index (χ0) is 18.8. The summed E-state index contributed by atoms with van der Waals surface area (Å²) in [7, 11) is 0. The van der Waals surface area contributed by atoms with Crippen LogP contribution in [0.25, 0.3) is 0 Å². The summed E-state index contributed by atoms with van der Waals surface area (Å²) in [6, 6.07) is 7.05. The molecule has 0 spiro atoms. The summed E-state index contributed by atoms with van der Waals surface area (Å²) in [5.41, 5.74) is 1.99. The van der Waals surface area contributed by atoms with E-state index in [-0.39, 0.29) is 11.8 Å². The van der Waals surface area contributed by atoms with Crippen LogP contribution in [0.3, 0.4) is 0 Å². The highest BCUT2D eigenvalue weighted by Gasteiger charge is 2.43. The maximum Gasteiger partial charge on any atom is 0.326 e. The van der Waals surface area contributed by atoms with Crippen LogP contribution in [0.4, 0.5) is 5.69 Å². The SMILES string of the molecule is CC(C)c1ccc(N2CCC(C(=O)N3CCCC[C@@H]3C(=O)O)C2=O)cc1. The first-order valence-corrected chi connectivity index (χ1v) is 9.34. The number of carbonyl (C=O) groups is 3. The maximum atomic E-state index is 12.9. The Hall–Kier alpha value is -2.37. The number of anilines is 1. The summed E-state index contributed by atoms with van der Waals surface area (Å²) in [5.74, 6) is -1.88. The number of benzene rings is 1. The summed E-state index contributed by atoms with van der Waals surface area (Å²) in [4.78, 5) is 40.2. The molecule has 2 fully saturated rings. The molecular formula is C20H26N2O4. The molecule has 140 valence electrons. The number of rotatable bonds is 4. The van der Waals surface area contributed by atoms with Gasteiger partial charge in [-0.05, 0) is 49.3 Å². The summed E-state index contributed by atoms with van der Waals surface area (Å²) in [5, 5.41) is 9.38. The first-order chi connectivity index (χ1) is 12.4. The van der Waals surface area contributed by atoms with E-state index in [4.69, 9.17) is 0 Å². The zero-order valence-corrected chi connectivity index (χ0v) is 15.4. The lowest BCUT2D eigenvalue weighted by Gasteiger charge is -2.34. The van der Waals surface area contributed by atoms with Crippen molar-refractivity contribution in [2.45, 2.75) is 51.5 Å². The highest BCUT2D eigenvalue weighted by molar-refractivity contribution is 6.10. The second kappa shape index (κ2) is 7.48. The van der Waals surface area contributed by atoms with E-state index in [1.54, 1.807) is 4.90 Å². The van der Waals surface area contributed by atoms with Crippen molar-refractivity contribution >= 4 is 23.5 Å². The van der Waals surface area contributed by atoms with Gasteiger partial charge in [-0.1, -0.05) is 26.0 Å². The number of amides is 2. The van der Waals surface area contributed by atoms with Gasteiger partial charge in [0.25, 0.3) is 0 Å². The number of hydrogen-bond acceptors (Lipinski definition) is 3. The molecule has 2 aliphatic rings. The average molecular weight is 358 g/mol. The number of hydrogen-bond donors (Lipinski definition) is 1. The van der Waals surface area contributed by atoms with Gasteiger partial charge in [-0.3, -0.25) is 9.59 Å². The average Bonchev–Trinajstić information content (AvgIpc) is 3.02. The van der Waals surface area contributed by atoms with E-state index < -0.39 is 17.9 Å². The lowest BCUT2D eigenvalue weighted by molar-refractivity contribution is -0.155. The Morgan fingerprint density at radius 3 is 2.38 bits per heavy atom. The minimum absolute atomic E-state index is 0.220. The molecule has 2 aliphatic heterocycles. The summed E-state index contributed by atoms with van der Waals surface area (Å²) in [6.45, 7) is 5.13. The number of nitrogens with zero attached hydrogens (tertiary/aromatic N) is 2. The van der Waals surface area contributed by atoms with Gasteiger partial charge in [-0.25, -0.2) is 4.79 Å². The van der Waals surface area contributed by atoms with E-state index >= 15 is 0 Å². The smallest absolute Gasteiger partial charge is 0.326 e. The number of likely N-dealkylation sites (tertiary alicyclic amines) is 1. The van der Waals surface area contributed by atoms with Crippen molar-refractivity contribution in [3.63, 3.8) is 0 Å². The molecule has 1 aromatic rings. The first kappa shape index (κ1) is 18.4. The molecule has 0 aliphatic carbocycles. The normalized spacial score (nSPS) is 23.6. The molecule has 2 atom stereocenters. The van der Waals surface area contributed by atoms with Crippen LogP contribution in [-0.2, 0) is 14.4 Å². The van der Waals surface area contributed by atoms with Crippen LogP contribution in [-0.4, -0.2) is 46.9 Å². The maximum absolute atomic E-state index is 12.9. The molecule has 6 nitrogen and oxygen atoms in total. The van der Waals surface area contributed by atoms with Gasteiger partial charge < -0.3 is 14.9 Å². The van der Waals surface area contributed by atoms with Crippen LogP contribution >= 0.6 is 0 Å². The third-order valence-corrected chi connectivity index (χ3v) is 5.45. The largest absolute Gasteiger partial charge is 0.480 e. The summed E-state index contributed by atoms with van der Waals surface area (Å²) in [6.07, 6.45) is 2.49. The van der Waals surface area contributed by atoms with Crippen molar-refractivity contribution in [2.75, 3.05) is 18.0 Å². The second-order valence-corrected chi connectivity index (χ2v) is 7.46. The van der Waals surface area contributed by atoms with Crippen molar-refractivity contribution in [1.29, 1.82) is 0 Å². The minimum atomic E-state index is -0.982. The van der Waals surface area contributed by atoms with E-state index in [0.29, 0.717) is 31.8 Å². The number of carboxylic acids is 1. The van der Waals surface area contributed by atoms with Crippen molar-refractivity contribution in [2.24, 2.45) is 5.92 Å². The molecule has 0 bridgehead atoms. The fraction of sp³-hybridized carbons (Fsp3) is 0.550. The Morgan fingerprint density at radius 2 is 1.77 bits per heavy atom. The van der Waals surface area contributed by atoms with Crippen LogP contribution in [0.5, 0.6) is 0 Å². The lowest BCUT2D eigenvalue weighted by atomic mass is 9.98. The van der Waals surface area contributed by atoms with E-state index in [2.05, 4.69) is 13.8 Å². The van der Waals surface area contributed by atoms with Gasteiger partial charge in [0, 0.05) is 18.8 Å². The molecule has 1 aromatic carbocycles.